The highest BCUT2D eigenvalue weighted by molar-refractivity contribution is 5.78. The van der Waals surface area contributed by atoms with Crippen LogP contribution in [0.25, 0.3) is 10.9 Å². The topological polar surface area (TPSA) is 48.8 Å². The molecule has 2 aromatic rings. The van der Waals surface area contributed by atoms with Crippen molar-refractivity contribution in [1.82, 2.24) is 14.8 Å². The number of aliphatic hydroxyl groups excluding tert-OH is 1. The van der Waals surface area contributed by atoms with Crippen LogP contribution in [0.5, 0.6) is 0 Å². The summed E-state index contributed by atoms with van der Waals surface area (Å²) >= 11 is 0. The van der Waals surface area contributed by atoms with Gasteiger partial charge in [0.2, 0.25) is 0 Å². The number of likely N-dealkylation sites (tertiary alicyclic amines) is 1. The summed E-state index contributed by atoms with van der Waals surface area (Å²) < 4.78 is 18.4. The van der Waals surface area contributed by atoms with Crippen molar-refractivity contribution >= 4 is 10.9 Å². The van der Waals surface area contributed by atoms with E-state index >= 15 is 0 Å². The number of aromatic nitrogens is 1. The maximum absolute atomic E-state index is 13.3. The van der Waals surface area contributed by atoms with Crippen LogP contribution in [-0.2, 0) is 11.3 Å². The van der Waals surface area contributed by atoms with E-state index < -0.39 is 0 Å². The molecule has 0 amide bonds. The SMILES string of the molecule is COCCN(C)C[C@@H]1CN(Cc2ccc3cc(F)ccc3n2)C[C@@H]1CO. The highest BCUT2D eigenvalue weighted by Gasteiger charge is 2.32. The summed E-state index contributed by atoms with van der Waals surface area (Å²) in [7, 11) is 3.81. The third-order valence-electron chi connectivity index (χ3n) is 5.20. The van der Waals surface area contributed by atoms with Crippen molar-refractivity contribution < 1.29 is 14.2 Å². The number of likely N-dealkylation sites (N-methyl/N-ethyl adjacent to an activating group) is 1. The number of pyridine rings is 1. The second kappa shape index (κ2) is 8.86. The molecule has 1 fully saturated rings. The van der Waals surface area contributed by atoms with Crippen molar-refractivity contribution in [2.45, 2.75) is 6.54 Å². The summed E-state index contributed by atoms with van der Waals surface area (Å²) in [5.74, 6) is 0.490. The molecule has 2 heterocycles. The molecule has 1 aromatic heterocycles. The summed E-state index contributed by atoms with van der Waals surface area (Å²) in [4.78, 5) is 9.28. The number of hydrogen-bond donors (Lipinski definition) is 1. The van der Waals surface area contributed by atoms with Gasteiger partial charge in [0.15, 0.2) is 0 Å². The molecular formula is C20H28FN3O2. The normalized spacial score (nSPS) is 21.1. The fourth-order valence-corrected chi connectivity index (χ4v) is 3.77. The number of nitrogens with zero attached hydrogens (tertiary/aromatic N) is 3. The average Bonchev–Trinajstić information content (AvgIpc) is 3.01. The fourth-order valence-electron chi connectivity index (χ4n) is 3.77. The van der Waals surface area contributed by atoms with Gasteiger partial charge >= 0.3 is 0 Å². The second-order valence-corrected chi connectivity index (χ2v) is 7.29. The average molecular weight is 361 g/mol. The van der Waals surface area contributed by atoms with Crippen LogP contribution in [0.4, 0.5) is 4.39 Å². The highest BCUT2D eigenvalue weighted by Crippen LogP contribution is 2.25. The number of aliphatic hydroxyl groups is 1. The van der Waals surface area contributed by atoms with Gasteiger partial charge < -0.3 is 14.7 Å². The maximum atomic E-state index is 13.3. The van der Waals surface area contributed by atoms with Crippen molar-refractivity contribution in [2.75, 3.05) is 53.6 Å². The Morgan fingerprint density at radius 1 is 1.27 bits per heavy atom. The predicted molar refractivity (Wildman–Crippen MR) is 100 cm³/mol. The van der Waals surface area contributed by atoms with Gasteiger partial charge in [-0.05, 0) is 43.1 Å². The van der Waals surface area contributed by atoms with E-state index in [-0.39, 0.29) is 18.3 Å². The minimum atomic E-state index is -0.238. The van der Waals surface area contributed by atoms with Gasteiger partial charge in [0.25, 0.3) is 0 Å². The van der Waals surface area contributed by atoms with Crippen LogP contribution >= 0.6 is 0 Å². The van der Waals surface area contributed by atoms with Crippen LogP contribution in [0.3, 0.4) is 0 Å². The Morgan fingerprint density at radius 3 is 2.85 bits per heavy atom. The highest BCUT2D eigenvalue weighted by atomic mass is 19.1. The molecule has 1 aliphatic rings. The van der Waals surface area contributed by atoms with Crippen molar-refractivity contribution in [3.63, 3.8) is 0 Å². The Morgan fingerprint density at radius 2 is 2.08 bits per heavy atom. The van der Waals surface area contributed by atoms with Crippen molar-refractivity contribution in [3.05, 3.63) is 41.8 Å². The van der Waals surface area contributed by atoms with E-state index in [0.29, 0.717) is 5.92 Å². The quantitative estimate of drug-likeness (QED) is 0.779. The Balaban J connectivity index is 1.62. The molecule has 1 aromatic carbocycles. The number of fused-ring (bicyclic) bond motifs is 1. The molecule has 5 nitrogen and oxygen atoms in total. The van der Waals surface area contributed by atoms with E-state index in [1.165, 1.54) is 12.1 Å². The van der Waals surface area contributed by atoms with Gasteiger partial charge in [0, 0.05) is 51.8 Å². The van der Waals surface area contributed by atoms with Crippen LogP contribution in [0.2, 0.25) is 0 Å². The Kier molecular flexibility index (Phi) is 6.53. The molecule has 2 atom stereocenters. The smallest absolute Gasteiger partial charge is 0.123 e. The lowest BCUT2D eigenvalue weighted by Gasteiger charge is -2.23. The minimum Gasteiger partial charge on any atom is -0.396 e. The zero-order valence-corrected chi connectivity index (χ0v) is 15.6. The van der Waals surface area contributed by atoms with Gasteiger partial charge in [0.05, 0.1) is 17.8 Å². The zero-order valence-electron chi connectivity index (χ0n) is 15.6. The molecule has 0 unspecified atom stereocenters. The van der Waals surface area contributed by atoms with Gasteiger partial charge in [-0.25, -0.2) is 4.39 Å². The molecule has 0 radical (unpaired) electrons. The van der Waals surface area contributed by atoms with Gasteiger partial charge in [-0.1, -0.05) is 6.07 Å². The predicted octanol–water partition coefficient (Wildman–Crippen LogP) is 1.99. The molecule has 142 valence electrons. The Bertz CT molecular complexity index is 727. The number of halogens is 1. The first-order chi connectivity index (χ1) is 12.6. The Hall–Kier alpha value is -1.60. The monoisotopic (exact) mass is 361 g/mol. The van der Waals surface area contributed by atoms with Crippen LogP contribution < -0.4 is 0 Å². The lowest BCUT2D eigenvalue weighted by Crippen LogP contribution is -2.33. The second-order valence-electron chi connectivity index (χ2n) is 7.29. The van der Waals surface area contributed by atoms with E-state index in [9.17, 15) is 9.50 Å². The van der Waals surface area contributed by atoms with Crippen LogP contribution in [0, 0.1) is 17.7 Å². The molecular weight excluding hydrogens is 333 g/mol. The Labute approximate surface area is 154 Å². The first kappa shape index (κ1) is 19.2. The number of rotatable bonds is 8. The third kappa shape index (κ3) is 4.76. The van der Waals surface area contributed by atoms with Crippen molar-refractivity contribution in [1.29, 1.82) is 0 Å². The molecule has 1 N–H and O–H groups in total. The van der Waals surface area contributed by atoms with Crippen LogP contribution in [0.15, 0.2) is 30.3 Å². The zero-order chi connectivity index (χ0) is 18.5. The standard InChI is InChI=1S/C20H28FN3O2/c1-23(7-8-26-2)10-16-11-24(12-17(16)14-25)13-19-5-3-15-9-18(21)4-6-20(15)22-19/h3-6,9,16-17,25H,7-8,10-14H2,1-2H3/t16-,17-/m1/s1. The lowest BCUT2D eigenvalue weighted by atomic mass is 9.96. The first-order valence-electron chi connectivity index (χ1n) is 9.15. The number of benzene rings is 1. The summed E-state index contributed by atoms with van der Waals surface area (Å²) in [5.41, 5.74) is 1.80. The first-order valence-corrected chi connectivity index (χ1v) is 9.15. The van der Waals surface area contributed by atoms with Gasteiger partial charge in [-0.15, -0.1) is 0 Å². The largest absolute Gasteiger partial charge is 0.396 e. The van der Waals surface area contributed by atoms with E-state index in [2.05, 4.69) is 21.8 Å². The molecule has 1 aliphatic heterocycles. The summed E-state index contributed by atoms with van der Waals surface area (Å²) in [6, 6.07) is 8.57. The molecule has 0 bridgehead atoms. The van der Waals surface area contributed by atoms with Gasteiger partial charge in [-0.2, -0.15) is 0 Å². The minimum absolute atomic E-state index is 0.212. The van der Waals surface area contributed by atoms with Crippen molar-refractivity contribution in [3.8, 4) is 0 Å². The number of methoxy groups -OCH3 is 1. The summed E-state index contributed by atoms with van der Waals surface area (Å²) in [6.07, 6.45) is 0. The molecule has 6 heteroatoms. The molecule has 0 saturated carbocycles. The molecule has 0 aliphatic carbocycles. The molecule has 26 heavy (non-hydrogen) atoms. The fraction of sp³-hybridized carbons (Fsp3) is 0.550. The summed E-state index contributed by atoms with van der Waals surface area (Å²) in [5, 5.41) is 10.6. The summed E-state index contributed by atoms with van der Waals surface area (Å²) in [6.45, 7) is 5.36. The van der Waals surface area contributed by atoms with Gasteiger partial charge in [0.1, 0.15) is 5.82 Å². The number of hydrogen-bond acceptors (Lipinski definition) is 5. The van der Waals surface area contributed by atoms with Crippen molar-refractivity contribution in [2.24, 2.45) is 11.8 Å². The number of ether oxygens (including phenoxy) is 1. The molecule has 1 saturated heterocycles. The third-order valence-corrected chi connectivity index (χ3v) is 5.20. The molecule has 3 rings (SSSR count). The molecule has 0 spiro atoms. The maximum Gasteiger partial charge on any atom is 0.123 e. The van der Waals surface area contributed by atoms with Crippen LogP contribution in [0.1, 0.15) is 5.69 Å². The lowest BCUT2D eigenvalue weighted by molar-refractivity contribution is 0.136. The van der Waals surface area contributed by atoms with Crippen LogP contribution in [-0.4, -0.2) is 73.4 Å². The van der Waals surface area contributed by atoms with E-state index in [4.69, 9.17) is 4.74 Å². The van der Waals surface area contributed by atoms with E-state index in [1.54, 1.807) is 13.2 Å². The van der Waals surface area contributed by atoms with E-state index in [0.717, 1.165) is 55.9 Å². The van der Waals surface area contributed by atoms with Gasteiger partial charge in [-0.3, -0.25) is 9.88 Å². The van der Waals surface area contributed by atoms with E-state index in [1.807, 2.05) is 12.1 Å².